The van der Waals surface area contributed by atoms with Gasteiger partial charge in [0.1, 0.15) is 6.17 Å². The fraction of sp³-hybridized carbons (Fsp3) is 0.429. The van der Waals surface area contributed by atoms with E-state index in [1.165, 1.54) is 12.8 Å². The zero-order valence-electron chi connectivity index (χ0n) is 16.8. The highest BCUT2D eigenvalue weighted by Gasteiger charge is 2.26. The second-order valence-electron chi connectivity index (χ2n) is 7.37. The Bertz CT molecular complexity index is 876. The van der Waals surface area contributed by atoms with Gasteiger partial charge >= 0.3 is 0 Å². The molecule has 0 aliphatic heterocycles. The molecule has 0 spiro atoms. The van der Waals surface area contributed by atoms with Gasteiger partial charge in [-0.05, 0) is 19.3 Å². The lowest BCUT2D eigenvalue weighted by Crippen LogP contribution is -2.24. The zero-order valence-corrected chi connectivity index (χ0v) is 16.8. The predicted molar refractivity (Wildman–Crippen MR) is 110 cm³/mol. The smallest absolute Gasteiger partial charge is 0.112 e. The first-order chi connectivity index (χ1) is 14.4. The van der Waals surface area contributed by atoms with Crippen LogP contribution in [0, 0.1) is 0 Å². The van der Waals surface area contributed by atoms with E-state index in [4.69, 9.17) is 0 Å². The van der Waals surface area contributed by atoms with Crippen LogP contribution in [0.3, 0.4) is 0 Å². The molecule has 4 aromatic heterocycles. The summed E-state index contributed by atoms with van der Waals surface area (Å²) in [5.41, 5.74) is 0. The summed E-state index contributed by atoms with van der Waals surface area (Å²) in [6.07, 6.45) is 28.7. The van der Waals surface area contributed by atoms with Gasteiger partial charge < -0.3 is 18.3 Å². The van der Waals surface area contributed by atoms with E-state index >= 15 is 0 Å². The van der Waals surface area contributed by atoms with E-state index in [-0.39, 0.29) is 12.2 Å². The van der Waals surface area contributed by atoms with Gasteiger partial charge in [0.25, 0.3) is 0 Å². The van der Waals surface area contributed by atoms with E-state index in [9.17, 15) is 0 Å². The summed E-state index contributed by atoms with van der Waals surface area (Å²) < 4.78 is 8.79. The summed E-state index contributed by atoms with van der Waals surface area (Å²) in [4.78, 5) is 17.1. The van der Waals surface area contributed by atoms with Crippen LogP contribution in [0.15, 0.2) is 74.9 Å². The van der Waals surface area contributed by atoms with Gasteiger partial charge in [0.05, 0.1) is 37.4 Å². The van der Waals surface area contributed by atoms with Gasteiger partial charge in [0, 0.05) is 49.6 Å². The summed E-state index contributed by atoms with van der Waals surface area (Å²) in [6.45, 7) is 2.24. The molecule has 0 radical (unpaired) electrons. The van der Waals surface area contributed by atoms with Crippen molar-refractivity contribution in [2.75, 3.05) is 0 Å². The van der Waals surface area contributed by atoms with Crippen molar-refractivity contribution < 1.29 is 0 Å². The SMILES string of the molecule is CCCCC(C(CCC(n1ccnc1)n1ccnc1)n1ccnc1)n1ccnc1. The maximum atomic E-state index is 4.32. The number of imidazole rings is 4. The van der Waals surface area contributed by atoms with Crippen molar-refractivity contribution >= 4 is 0 Å². The molecular formula is C21H28N8. The first-order valence-electron chi connectivity index (χ1n) is 10.3. The third kappa shape index (κ3) is 4.47. The molecule has 2 unspecified atom stereocenters. The van der Waals surface area contributed by atoms with Gasteiger partial charge in [0.2, 0.25) is 0 Å². The van der Waals surface area contributed by atoms with E-state index in [2.05, 4.69) is 57.5 Å². The maximum absolute atomic E-state index is 4.32. The van der Waals surface area contributed by atoms with Gasteiger partial charge in [-0.3, -0.25) is 0 Å². The number of rotatable bonds is 11. The monoisotopic (exact) mass is 392 g/mol. The number of unbranched alkanes of at least 4 members (excludes halogenated alkanes) is 1. The van der Waals surface area contributed by atoms with Gasteiger partial charge in [0.15, 0.2) is 0 Å². The molecule has 0 aliphatic rings. The van der Waals surface area contributed by atoms with Crippen LogP contribution in [0.25, 0.3) is 0 Å². The molecule has 0 bridgehead atoms. The summed E-state index contributed by atoms with van der Waals surface area (Å²) in [5, 5.41) is 0. The molecule has 0 saturated heterocycles. The predicted octanol–water partition coefficient (Wildman–Crippen LogP) is 3.97. The molecule has 4 rings (SSSR count). The molecule has 0 fully saturated rings. The largest absolute Gasteiger partial charge is 0.332 e. The molecule has 2 atom stereocenters. The Morgan fingerprint density at radius 2 is 1.03 bits per heavy atom. The van der Waals surface area contributed by atoms with Crippen molar-refractivity contribution in [3.63, 3.8) is 0 Å². The van der Waals surface area contributed by atoms with E-state index in [0.29, 0.717) is 6.04 Å². The van der Waals surface area contributed by atoms with Gasteiger partial charge in [-0.2, -0.15) is 0 Å². The van der Waals surface area contributed by atoms with E-state index in [1.807, 2.05) is 62.5 Å². The first-order valence-corrected chi connectivity index (χ1v) is 10.3. The topological polar surface area (TPSA) is 71.3 Å². The minimum atomic E-state index is 0.139. The van der Waals surface area contributed by atoms with Crippen LogP contribution in [0.1, 0.15) is 57.3 Å². The summed E-state index contributed by atoms with van der Waals surface area (Å²) in [6, 6.07) is 0.616. The number of hydrogen-bond donors (Lipinski definition) is 0. The third-order valence-electron chi connectivity index (χ3n) is 5.57. The zero-order chi connectivity index (χ0) is 19.9. The average Bonchev–Trinajstić information content (AvgIpc) is 3.55. The van der Waals surface area contributed by atoms with Crippen LogP contribution in [0.4, 0.5) is 0 Å². The quantitative estimate of drug-likeness (QED) is 0.387. The highest BCUT2D eigenvalue weighted by Crippen LogP contribution is 2.34. The van der Waals surface area contributed by atoms with Crippen LogP contribution in [0.5, 0.6) is 0 Å². The van der Waals surface area contributed by atoms with Gasteiger partial charge in [-0.25, -0.2) is 19.9 Å². The van der Waals surface area contributed by atoms with Crippen molar-refractivity contribution in [2.45, 2.75) is 57.3 Å². The van der Waals surface area contributed by atoms with Crippen LogP contribution in [-0.2, 0) is 0 Å². The molecule has 29 heavy (non-hydrogen) atoms. The van der Waals surface area contributed by atoms with Crippen LogP contribution in [-0.4, -0.2) is 38.2 Å². The van der Waals surface area contributed by atoms with Crippen molar-refractivity contribution in [2.24, 2.45) is 0 Å². The highest BCUT2D eigenvalue weighted by molar-refractivity contribution is 4.93. The molecular weight excluding hydrogens is 364 g/mol. The van der Waals surface area contributed by atoms with Crippen LogP contribution < -0.4 is 0 Å². The summed E-state index contributed by atoms with van der Waals surface area (Å²) >= 11 is 0. The fourth-order valence-corrected chi connectivity index (χ4v) is 4.09. The number of hydrogen-bond acceptors (Lipinski definition) is 4. The normalized spacial score (nSPS) is 13.7. The molecule has 4 heterocycles. The Morgan fingerprint density at radius 3 is 1.45 bits per heavy atom. The molecule has 8 heteroatoms. The number of nitrogens with zero attached hydrogens (tertiary/aromatic N) is 8. The van der Waals surface area contributed by atoms with Crippen LogP contribution >= 0.6 is 0 Å². The van der Waals surface area contributed by atoms with Gasteiger partial charge in [-0.15, -0.1) is 0 Å². The average molecular weight is 393 g/mol. The lowest BCUT2D eigenvalue weighted by Gasteiger charge is -2.31. The molecule has 0 saturated carbocycles. The molecule has 4 aromatic rings. The Labute approximate surface area is 170 Å². The Morgan fingerprint density at radius 1 is 0.586 bits per heavy atom. The molecule has 8 nitrogen and oxygen atoms in total. The second-order valence-corrected chi connectivity index (χ2v) is 7.37. The van der Waals surface area contributed by atoms with E-state index in [0.717, 1.165) is 19.3 Å². The van der Waals surface area contributed by atoms with Gasteiger partial charge in [-0.1, -0.05) is 19.8 Å². The second kappa shape index (κ2) is 9.36. The minimum Gasteiger partial charge on any atom is -0.332 e. The molecule has 152 valence electrons. The Hall–Kier alpha value is -3.16. The van der Waals surface area contributed by atoms with Crippen LogP contribution in [0.2, 0.25) is 0 Å². The summed E-state index contributed by atoms with van der Waals surface area (Å²) in [7, 11) is 0. The first kappa shape index (κ1) is 19.2. The third-order valence-corrected chi connectivity index (χ3v) is 5.57. The Balaban J connectivity index is 1.60. The lowest BCUT2D eigenvalue weighted by atomic mass is 9.96. The Kier molecular flexibility index (Phi) is 6.19. The molecule has 0 N–H and O–H groups in total. The summed E-state index contributed by atoms with van der Waals surface area (Å²) in [5.74, 6) is 0. The van der Waals surface area contributed by atoms with E-state index < -0.39 is 0 Å². The molecule has 0 aromatic carbocycles. The molecule has 0 aliphatic carbocycles. The minimum absolute atomic E-state index is 0.139. The number of aromatic nitrogens is 8. The van der Waals surface area contributed by atoms with Crippen molar-refractivity contribution in [3.05, 3.63) is 74.9 Å². The van der Waals surface area contributed by atoms with Crippen molar-refractivity contribution in [1.29, 1.82) is 0 Å². The highest BCUT2D eigenvalue weighted by atomic mass is 15.2. The fourth-order valence-electron chi connectivity index (χ4n) is 4.09. The van der Waals surface area contributed by atoms with E-state index in [1.54, 1.807) is 0 Å². The maximum Gasteiger partial charge on any atom is 0.112 e. The lowest BCUT2D eigenvalue weighted by molar-refractivity contribution is 0.257. The van der Waals surface area contributed by atoms with Crippen molar-refractivity contribution in [3.8, 4) is 0 Å². The van der Waals surface area contributed by atoms with Crippen molar-refractivity contribution in [1.82, 2.24) is 38.2 Å². The molecule has 0 amide bonds. The standard InChI is InChI=1S/C21H28N8/c1-2-3-4-19(26-11-7-22-15-26)20(27-12-8-23-16-27)5-6-21(28-13-9-24-17-28)29-14-10-25-18-29/h7-21H,2-6H2,1H3.